The summed E-state index contributed by atoms with van der Waals surface area (Å²) in [7, 11) is 1.69. The van der Waals surface area contributed by atoms with Gasteiger partial charge in [0.15, 0.2) is 11.2 Å². The van der Waals surface area contributed by atoms with Crippen LogP contribution in [0.2, 0.25) is 5.02 Å². The zero-order valence-electron chi connectivity index (χ0n) is 17.1. The maximum atomic E-state index is 13.3. The van der Waals surface area contributed by atoms with Crippen LogP contribution in [0.25, 0.3) is 11.2 Å². The van der Waals surface area contributed by atoms with E-state index in [-0.39, 0.29) is 11.2 Å². The Labute approximate surface area is 174 Å². The number of hydrogen-bond acceptors (Lipinski definition) is 4. The molecule has 0 saturated heterocycles. The summed E-state index contributed by atoms with van der Waals surface area (Å²) in [5, 5.41) is 0.671. The molecule has 0 radical (unpaired) electrons. The van der Waals surface area contributed by atoms with Gasteiger partial charge in [-0.2, -0.15) is 4.98 Å². The van der Waals surface area contributed by atoms with Crippen LogP contribution >= 0.6 is 11.6 Å². The van der Waals surface area contributed by atoms with Crippen LogP contribution < -0.4 is 16.1 Å². The van der Waals surface area contributed by atoms with E-state index in [0.29, 0.717) is 41.1 Å². The van der Waals surface area contributed by atoms with Crippen LogP contribution in [0.1, 0.15) is 33.1 Å². The van der Waals surface area contributed by atoms with E-state index in [0.717, 1.165) is 31.5 Å². The van der Waals surface area contributed by atoms with E-state index in [2.05, 4.69) is 18.7 Å². The molecule has 1 aliphatic heterocycles. The molecular formula is C21H26ClN5O2. The lowest BCUT2D eigenvalue weighted by molar-refractivity contribution is 0.457. The summed E-state index contributed by atoms with van der Waals surface area (Å²) in [4.78, 5) is 32.9. The molecule has 0 saturated carbocycles. The molecule has 8 heteroatoms. The molecule has 3 heterocycles. The number of nitrogens with zero attached hydrogens (tertiary/aromatic N) is 5. The molecule has 0 aliphatic carbocycles. The monoisotopic (exact) mass is 415 g/mol. The average Bonchev–Trinajstić information content (AvgIpc) is 3.08. The molecule has 0 N–H and O–H groups in total. The van der Waals surface area contributed by atoms with E-state index < -0.39 is 0 Å². The summed E-state index contributed by atoms with van der Waals surface area (Å²) in [5.74, 6) is 1.01. The maximum absolute atomic E-state index is 13.3. The maximum Gasteiger partial charge on any atom is 0.332 e. The highest BCUT2D eigenvalue weighted by Gasteiger charge is 2.29. The molecule has 1 aliphatic rings. The molecule has 1 unspecified atom stereocenters. The Morgan fingerprint density at radius 3 is 2.55 bits per heavy atom. The van der Waals surface area contributed by atoms with Gasteiger partial charge >= 0.3 is 5.69 Å². The smallest absolute Gasteiger partial charge is 0.312 e. The number of hydrogen-bond donors (Lipinski definition) is 0. The first-order valence-corrected chi connectivity index (χ1v) is 10.5. The number of benzene rings is 1. The van der Waals surface area contributed by atoms with Gasteiger partial charge in [0.25, 0.3) is 5.56 Å². The van der Waals surface area contributed by atoms with Crippen molar-refractivity contribution >= 4 is 34.4 Å². The Balaban J connectivity index is 1.91. The number of unbranched alkanes of at least 4 members (excludes halogenated alkanes) is 2. The highest BCUT2D eigenvalue weighted by Crippen LogP contribution is 2.33. The Morgan fingerprint density at radius 1 is 1.14 bits per heavy atom. The lowest BCUT2D eigenvalue weighted by Gasteiger charge is -2.33. The van der Waals surface area contributed by atoms with Gasteiger partial charge in [-0.05, 0) is 36.6 Å². The number of rotatable bonds is 5. The van der Waals surface area contributed by atoms with Crippen LogP contribution in [0.3, 0.4) is 0 Å². The number of aromatic nitrogens is 4. The third-order valence-electron chi connectivity index (χ3n) is 5.57. The van der Waals surface area contributed by atoms with Crippen molar-refractivity contribution in [2.45, 2.75) is 46.2 Å². The van der Waals surface area contributed by atoms with Gasteiger partial charge in [-0.3, -0.25) is 13.9 Å². The van der Waals surface area contributed by atoms with Gasteiger partial charge < -0.3 is 9.47 Å². The molecule has 2 aromatic heterocycles. The third-order valence-corrected chi connectivity index (χ3v) is 5.82. The molecule has 7 nitrogen and oxygen atoms in total. The predicted octanol–water partition coefficient (Wildman–Crippen LogP) is 3.53. The quantitative estimate of drug-likeness (QED) is 0.598. The molecule has 3 aromatic rings. The van der Waals surface area contributed by atoms with Crippen LogP contribution in [-0.4, -0.2) is 25.2 Å². The molecule has 154 valence electrons. The first kappa shape index (κ1) is 19.8. The summed E-state index contributed by atoms with van der Waals surface area (Å²) in [6, 6.07) is 7.59. The number of aryl methyl sites for hydroxylation is 1. The van der Waals surface area contributed by atoms with Gasteiger partial charge in [0.05, 0.1) is 0 Å². The number of halogens is 1. The molecule has 0 amide bonds. The standard InChI is InChI=1S/C21H26ClN5O2/c1-4-5-6-11-25-19(28)17-18(24(3)21(25)29)23-20-26(12-14(2)13-27(17)20)16-9-7-15(22)8-10-16/h7-10,14H,4-6,11-13H2,1-3H3. The lowest BCUT2D eigenvalue weighted by atomic mass is 10.1. The minimum Gasteiger partial charge on any atom is -0.312 e. The lowest BCUT2D eigenvalue weighted by Crippen LogP contribution is -2.40. The van der Waals surface area contributed by atoms with Crippen molar-refractivity contribution in [2.75, 3.05) is 11.4 Å². The Hall–Kier alpha value is -2.54. The van der Waals surface area contributed by atoms with Crippen molar-refractivity contribution in [1.82, 2.24) is 18.7 Å². The van der Waals surface area contributed by atoms with Crippen LogP contribution in [0.5, 0.6) is 0 Å². The van der Waals surface area contributed by atoms with Gasteiger partial charge in [0, 0.05) is 37.4 Å². The second-order valence-electron chi connectivity index (χ2n) is 7.89. The van der Waals surface area contributed by atoms with Gasteiger partial charge in [-0.1, -0.05) is 38.3 Å². The summed E-state index contributed by atoms with van der Waals surface area (Å²) < 4.78 is 4.83. The normalized spacial score (nSPS) is 16.4. The van der Waals surface area contributed by atoms with Crippen LogP contribution in [0.4, 0.5) is 11.6 Å². The average molecular weight is 416 g/mol. The van der Waals surface area contributed by atoms with E-state index in [1.807, 2.05) is 28.8 Å². The number of fused-ring (bicyclic) bond motifs is 3. The fourth-order valence-corrected chi connectivity index (χ4v) is 4.19. The summed E-state index contributed by atoms with van der Waals surface area (Å²) in [6.45, 7) is 6.16. The molecule has 0 spiro atoms. The zero-order chi connectivity index (χ0) is 20.7. The highest BCUT2D eigenvalue weighted by molar-refractivity contribution is 6.30. The molecule has 29 heavy (non-hydrogen) atoms. The minimum atomic E-state index is -0.305. The first-order valence-electron chi connectivity index (χ1n) is 10.2. The largest absolute Gasteiger partial charge is 0.332 e. The van der Waals surface area contributed by atoms with Crippen molar-refractivity contribution in [3.05, 3.63) is 50.1 Å². The van der Waals surface area contributed by atoms with Crippen LogP contribution in [-0.2, 0) is 20.1 Å². The van der Waals surface area contributed by atoms with Crippen molar-refractivity contribution in [3.63, 3.8) is 0 Å². The van der Waals surface area contributed by atoms with Gasteiger partial charge in [0.1, 0.15) is 0 Å². The van der Waals surface area contributed by atoms with Gasteiger partial charge in [0.2, 0.25) is 5.95 Å². The number of anilines is 2. The fourth-order valence-electron chi connectivity index (χ4n) is 4.06. The molecule has 0 fully saturated rings. The summed E-state index contributed by atoms with van der Waals surface area (Å²) in [5.41, 5.74) is 1.35. The Morgan fingerprint density at radius 2 is 1.86 bits per heavy atom. The first-order chi connectivity index (χ1) is 13.9. The topological polar surface area (TPSA) is 65.1 Å². The molecular weight excluding hydrogens is 390 g/mol. The molecule has 1 atom stereocenters. The molecule has 0 bridgehead atoms. The van der Waals surface area contributed by atoms with Crippen molar-refractivity contribution < 1.29 is 0 Å². The van der Waals surface area contributed by atoms with E-state index in [4.69, 9.17) is 16.6 Å². The van der Waals surface area contributed by atoms with Gasteiger partial charge in [-0.15, -0.1) is 0 Å². The fraction of sp³-hybridized carbons (Fsp3) is 0.476. The summed E-state index contributed by atoms with van der Waals surface area (Å²) in [6.07, 6.45) is 2.83. The van der Waals surface area contributed by atoms with Gasteiger partial charge in [-0.25, -0.2) is 4.79 Å². The van der Waals surface area contributed by atoms with Crippen LogP contribution in [0.15, 0.2) is 33.9 Å². The summed E-state index contributed by atoms with van der Waals surface area (Å²) >= 11 is 6.05. The SMILES string of the molecule is CCCCCn1c(=O)c2c(nc3n2CC(C)CN3c2ccc(Cl)cc2)n(C)c1=O. The number of imidazole rings is 1. The van der Waals surface area contributed by atoms with Crippen molar-refractivity contribution in [2.24, 2.45) is 13.0 Å². The molecule has 4 rings (SSSR count). The van der Waals surface area contributed by atoms with Crippen molar-refractivity contribution in [3.8, 4) is 0 Å². The minimum absolute atomic E-state index is 0.247. The van der Waals surface area contributed by atoms with Crippen LogP contribution in [0, 0.1) is 5.92 Å². The second kappa shape index (κ2) is 7.71. The highest BCUT2D eigenvalue weighted by atomic mass is 35.5. The predicted molar refractivity (Wildman–Crippen MR) is 116 cm³/mol. The molecule has 1 aromatic carbocycles. The van der Waals surface area contributed by atoms with Crippen molar-refractivity contribution in [1.29, 1.82) is 0 Å². The van der Waals surface area contributed by atoms with E-state index in [1.54, 1.807) is 7.05 Å². The van der Waals surface area contributed by atoms with E-state index in [9.17, 15) is 9.59 Å². The van der Waals surface area contributed by atoms with E-state index in [1.165, 1.54) is 9.13 Å². The van der Waals surface area contributed by atoms with E-state index >= 15 is 0 Å². The second-order valence-corrected chi connectivity index (χ2v) is 8.33. The Kier molecular flexibility index (Phi) is 5.25. The zero-order valence-corrected chi connectivity index (χ0v) is 17.8. The third kappa shape index (κ3) is 3.37. The Bertz CT molecular complexity index is 1160.